The first-order valence-corrected chi connectivity index (χ1v) is 4.49. The Bertz CT molecular complexity index is 238. The van der Waals surface area contributed by atoms with Crippen LogP contribution in [-0.4, -0.2) is 18.1 Å². The molecule has 0 radical (unpaired) electrons. The van der Waals surface area contributed by atoms with E-state index in [1.165, 1.54) is 0 Å². The van der Waals surface area contributed by atoms with Crippen molar-refractivity contribution < 1.29 is 4.74 Å². The smallest absolute Gasteiger partial charge is 0.114 e. The number of methoxy groups -OCH3 is 1. The van der Waals surface area contributed by atoms with Gasteiger partial charge in [-0.15, -0.1) is 0 Å². The fourth-order valence-electron chi connectivity index (χ4n) is 1.27. The summed E-state index contributed by atoms with van der Waals surface area (Å²) >= 11 is 0. The molecule has 0 saturated heterocycles. The molecule has 1 heterocycles. The normalized spacial score (nSPS) is 15.3. The van der Waals surface area contributed by atoms with E-state index < -0.39 is 0 Å². The Labute approximate surface area is 78.9 Å². The van der Waals surface area contributed by atoms with E-state index in [-0.39, 0.29) is 12.1 Å². The molecule has 0 amide bonds. The Morgan fingerprint density at radius 2 is 2.31 bits per heavy atom. The fourth-order valence-corrected chi connectivity index (χ4v) is 1.27. The Kier molecular flexibility index (Phi) is 3.86. The highest BCUT2D eigenvalue weighted by Crippen LogP contribution is 2.18. The number of nitrogens with two attached hydrogens (primary N) is 1. The zero-order valence-corrected chi connectivity index (χ0v) is 8.10. The molecule has 0 spiro atoms. The highest BCUT2D eigenvalue weighted by Gasteiger charge is 2.18. The van der Waals surface area contributed by atoms with E-state index in [1.54, 1.807) is 13.3 Å². The lowest BCUT2D eigenvalue weighted by Gasteiger charge is -2.20. The highest BCUT2D eigenvalue weighted by atomic mass is 16.5. The monoisotopic (exact) mass is 180 g/mol. The van der Waals surface area contributed by atoms with Crippen LogP contribution in [0.3, 0.4) is 0 Å². The van der Waals surface area contributed by atoms with Crippen LogP contribution in [0.25, 0.3) is 0 Å². The topological polar surface area (TPSA) is 48.1 Å². The van der Waals surface area contributed by atoms with Crippen molar-refractivity contribution in [2.24, 2.45) is 5.73 Å². The third-order valence-corrected chi connectivity index (χ3v) is 2.09. The van der Waals surface area contributed by atoms with Gasteiger partial charge in [0.15, 0.2) is 0 Å². The first-order valence-electron chi connectivity index (χ1n) is 4.49. The van der Waals surface area contributed by atoms with Crippen LogP contribution in [0.2, 0.25) is 0 Å². The van der Waals surface area contributed by atoms with Crippen LogP contribution < -0.4 is 5.73 Å². The Morgan fingerprint density at radius 1 is 1.54 bits per heavy atom. The number of rotatable bonds is 4. The van der Waals surface area contributed by atoms with E-state index in [1.807, 2.05) is 25.1 Å². The number of pyridine rings is 1. The van der Waals surface area contributed by atoms with Crippen LogP contribution in [0.4, 0.5) is 0 Å². The molecule has 0 fully saturated rings. The molecule has 3 heteroatoms. The van der Waals surface area contributed by atoms with Gasteiger partial charge < -0.3 is 10.5 Å². The second-order valence-corrected chi connectivity index (χ2v) is 2.98. The van der Waals surface area contributed by atoms with Crippen LogP contribution in [0, 0.1) is 0 Å². The van der Waals surface area contributed by atoms with Crippen molar-refractivity contribution >= 4 is 0 Å². The molecule has 3 nitrogen and oxygen atoms in total. The van der Waals surface area contributed by atoms with Gasteiger partial charge in [-0.1, -0.05) is 13.0 Å². The molecule has 13 heavy (non-hydrogen) atoms. The molecule has 0 saturated carbocycles. The van der Waals surface area contributed by atoms with Gasteiger partial charge in [-0.25, -0.2) is 0 Å². The molecule has 0 bridgehead atoms. The molecule has 2 atom stereocenters. The van der Waals surface area contributed by atoms with Crippen LogP contribution in [0.1, 0.15) is 25.1 Å². The minimum Gasteiger partial charge on any atom is -0.374 e. The predicted octanol–water partition coefficient (Wildman–Crippen LogP) is 1.51. The second-order valence-electron chi connectivity index (χ2n) is 2.98. The summed E-state index contributed by atoms with van der Waals surface area (Å²) in [6.07, 6.45) is 2.55. The summed E-state index contributed by atoms with van der Waals surface area (Å²) in [5.41, 5.74) is 6.80. The van der Waals surface area contributed by atoms with Crippen LogP contribution in [0.5, 0.6) is 0 Å². The maximum Gasteiger partial charge on any atom is 0.114 e. The van der Waals surface area contributed by atoms with Crippen molar-refractivity contribution in [3.05, 3.63) is 30.1 Å². The van der Waals surface area contributed by atoms with Crippen molar-refractivity contribution in [2.75, 3.05) is 7.11 Å². The van der Waals surface area contributed by atoms with E-state index in [2.05, 4.69) is 4.98 Å². The van der Waals surface area contributed by atoms with Crippen molar-refractivity contribution in [1.82, 2.24) is 4.98 Å². The van der Waals surface area contributed by atoms with Crippen LogP contribution >= 0.6 is 0 Å². The van der Waals surface area contributed by atoms with Gasteiger partial charge in [-0.2, -0.15) is 0 Å². The number of hydrogen-bond donors (Lipinski definition) is 1. The highest BCUT2D eigenvalue weighted by molar-refractivity contribution is 5.08. The van der Waals surface area contributed by atoms with Gasteiger partial charge in [0.2, 0.25) is 0 Å². The molecular weight excluding hydrogens is 164 g/mol. The minimum absolute atomic E-state index is 0.0138. The third kappa shape index (κ3) is 2.50. The molecule has 2 N–H and O–H groups in total. The number of ether oxygens (including phenoxy) is 1. The maximum atomic E-state index is 5.89. The Balaban J connectivity index is 2.78. The van der Waals surface area contributed by atoms with Crippen LogP contribution in [0.15, 0.2) is 24.4 Å². The molecule has 1 rings (SSSR count). The standard InChI is InChI=1S/C10H16N2O/c1-3-8(11)10(13-2)9-6-4-5-7-12-9/h4-8,10H,3,11H2,1-2H3. The van der Waals surface area contributed by atoms with Crippen molar-refractivity contribution in [1.29, 1.82) is 0 Å². The second kappa shape index (κ2) is 4.94. The average molecular weight is 180 g/mol. The molecule has 1 aromatic rings. The largest absolute Gasteiger partial charge is 0.374 e. The molecule has 72 valence electrons. The van der Waals surface area contributed by atoms with Gasteiger partial charge in [0.1, 0.15) is 6.10 Å². The lowest BCUT2D eigenvalue weighted by atomic mass is 10.1. The fraction of sp³-hybridized carbons (Fsp3) is 0.500. The first-order chi connectivity index (χ1) is 6.29. The molecule has 2 unspecified atom stereocenters. The SMILES string of the molecule is CCC(N)C(OC)c1ccccn1. The molecule has 0 aromatic carbocycles. The van der Waals surface area contributed by atoms with Crippen LogP contribution in [-0.2, 0) is 4.74 Å². The average Bonchev–Trinajstić information content (AvgIpc) is 2.20. The van der Waals surface area contributed by atoms with Gasteiger partial charge in [0.05, 0.1) is 5.69 Å². The minimum atomic E-state index is -0.0915. The summed E-state index contributed by atoms with van der Waals surface area (Å²) in [6, 6.07) is 5.77. The predicted molar refractivity (Wildman–Crippen MR) is 52.3 cm³/mol. The van der Waals surface area contributed by atoms with Crippen molar-refractivity contribution in [3.63, 3.8) is 0 Å². The van der Waals surface area contributed by atoms with E-state index in [0.717, 1.165) is 12.1 Å². The van der Waals surface area contributed by atoms with Crippen molar-refractivity contribution in [2.45, 2.75) is 25.5 Å². The molecule has 0 aliphatic rings. The van der Waals surface area contributed by atoms with Gasteiger partial charge >= 0.3 is 0 Å². The molecule has 1 aromatic heterocycles. The summed E-state index contributed by atoms with van der Waals surface area (Å²) < 4.78 is 5.30. The number of aromatic nitrogens is 1. The van der Waals surface area contributed by atoms with E-state index in [9.17, 15) is 0 Å². The van der Waals surface area contributed by atoms with E-state index in [0.29, 0.717) is 0 Å². The first kappa shape index (κ1) is 10.2. The Hall–Kier alpha value is -0.930. The zero-order chi connectivity index (χ0) is 9.68. The van der Waals surface area contributed by atoms with Gasteiger partial charge in [0, 0.05) is 19.3 Å². The third-order valence-electron chi connectivity index (χ3n) is 2.09. The molecule has 0 aliphatic heterocycles. The van der Waals surface area contributed by atoms with E-state index in [4.69, 9.17) is 10.5 Å². The number of hydrogen-bond acceptors (Lipinski definition) is 3. The summed E-state index contributed by atoms with van der Waals surface area (Å²) in [5.74, 6) is 0. The van der Waals surface area contributed by atoms with Gasteiger partial charge in [0.25, 0.3) is 0 Å². The Morgan fingerprint density at radius 3 is 2.77 bits per heavy atom. The van der Waals surface area contributed by atoms with Crippen molar-refractivity contribution in [3.8, 4) is 0 Å². The van der Waals surface area contributed by atoms with Gasteiger partial charge in [-0.3, -0.25) is 4.98 Å². The summed E-state index contributed by atoms with van der Waals surface area (Å²) in [6.45, 7) is 2.04. The molecular formula is C10H16N2O. The lowest BCUT2D eigenvalue weighted by molar-refractivity contribution is 0.0757. The van der Waals surface area contributed by atoms with E-state index >= 15 is 0 Å². The maximum absolute atomic E-state index is 5.89. The number of nitrogens with zero attached hydrogens (tertiary/aromatic N) is 1. The summed E-state index contributed by atoms with van der Waals surface area (Å²) in [4.78, 5) is 4.21. The summed E-state index contributed by atoms with van der Waals surface area (Å²) in [7, 11) is 1.66. The quantitative estimate of drug-likeness (QED) is 0.764. The zero-order valence-electron chi connectivity index (χ0n) is 8.10. The summed E-state index contributed by atoms with van der Waals surface area (Å²) in [5, 5.41) is 0. The lowest BCUT2D eigenvalue weighted by Crippen LogP contribution is -2.29. The van der Waals surface area contributed by atoms with Gasteiger partial charge in [-0.05, 0) is 18.6 Å². The molecule has 0 aliphatic carbocycles.